The van der Waals surface area contributed by atoms with Gasteiger partial charge in [0.05, 0.1) is 12.2 Å². The maximum absolute atomic E-state index is 12.1. The first-order valence-electron chi connectivity index (χ1n) is 6.15. The van der Waals surface area contributed by atoms with Crippen molar-refractivity contribution >= 4 is 11.6 Å². The van der Waals surface area contributed by atoms with E-state index in [1.54, 1.807) is 12.4 Å². The molecule has 2 rings (SSSR count). The van der Waals surface area contributed by atoms with E-state index in [9.17, 15) is 4.79 Å². The molecule has 19 heavy (non-hydrogen) atoms. The Labute approximate surface area is 112 Å². The Morgan fingerprint density at radius 2 is 2.00 bits per heavy atom. The monoisotopic (exact) mass is 256 g/mol. The van der Waals surface area contributed by atoms with Crippen LogP contribution >= 0.6 is 0 Å². The van der Waals surface area contributed by atoms with Gasteiger partial charge < -0.3 is 10.1 Å². The lowest BCUT2D eigenvalue weighted by atomic mass is 10.1. The van der Waals surface area contributed by atoms with Gasteiger partial charge in [-0.1, -0.05) is 0 Å². The first kappa shape index (κ1) is 13.1. The van der Waals surface area contributed by atoms with Crippen molar-refractivity contribution in [2.24, 2.45) is 0 Å². The maximum Gasteiger partial charge on any atom is 0.257 e. The number of rotatable bonds is 4. The van der Waals surface area contributed by atoms with Crippen LogP contribution in [-0.4, -0.2) is 17.5 Å². The quantitative estimate of drug-likeness (QED) is 0.914. The third kappa shape index (κ3) is 3.31. The van der Waals surface area contributed by atoms with Crippen molar-refractivity contribution in [1.29, 1.82) is 0 Å². The van der Waals surface area contributed by atoms with Gasteiger partial charge in [-0.3, -0.25) is 9.78 Å². The Balaban J connectivity index is 2.09. The zero-order valence-electron chi connectivity index (χ0n) is 11.0. The summed E-state index contributed by atoms with van der Waals surface area (Å²) in [4.78, 5) is 16.0. The van der Waals surface area contributed by atoms with Crippen molar-refractivity contribution in [3.05, 3.63) is 53.9 Å². The van der Waals surface area contributed by atoms with E-state index in [0.717, 1.165) is 17.0 Å². The van der Waals surface area contributed by atoms with E-state index in [-0.39, 0.29) is 5.91 Å². The van der Waals surface area contributed by atoms with Crippen molar-refractivity contribution in [3.8, 4) is 5.75 Å². The summed E-state index contributed by atoms with van der Waals surface area (Å²) in [5.74, 6) is 0.632. The minimum absolute atomic E-state index is 0.158. The molecule has 0 unspecified atom stereocenters. The molecule has 0 bridgehead atoms. The number of pyridine rings is 1. The molecule has 4 heteroatoms. The third-order valence-electron chi connectivity index (χ3n) is 2.71. The van der Waals surface area contributed by atoms with Gasteiger partial charge >= 0.3 is 0 Å². The molecule has 0 fully saturated rings. The fraction of sp³-hybridized carbons (Fsp3) is 0.200. The van der Waals surface area contributed by atoms with Crippen LogP contribution in [0.5, 0.6) is 5.75 Å². The Kier molecular flexibility index (Phi) is 4.13. The first-order valence-corrected chi connectivity index (χ1v) is 6.15. The molecule has 0 aliphatic carbocycles. The molecule has 0 aliphatic rings. The van der Waals surface area contributed by atoms with Crippen molar-refractivity contribution < 1.29 is 9.53 Å². The lowest BCUT2D eigenvalue weighted by molar-refractivity contribution is 0.102. The molecule has 1 heterocycles. The standard InChI is InChI=1S/C15H16N2O2/c1-3-19-13-6-4-12(5-7-13)17-15(18)14-10-16-9-8-11(14)2/h4-10H,3H2,1-2H3,(H,17,18). The molecule has 4 nitrogen and oxygen atoms in total. The highest BCUT2D eigenvalue weighted by Crippen LogP contribution is 2.17. The van der Waals surface area contributed by atoms with Crippen LogP contribution < -0.4 is 10.1 Å². The van der Waals surface area contributed by atoms with E-state index in [1.165, 1.54) is 0 Å². The minimum Gasteiger partial charge on any atom is -0.494 e. The summed E-state index contributed by atoms with van der Waals surface area (Å²) in [6, 6.07) is 9.10. The summed E-state index contributed by atoms with van der Waals surface area (Å²) in [5.41, 5.74) is 2.21. The van der Waals surface area contributed by atoms with Gasteiger partial charge in [-0.2, -0.15) is 0 Å². The second-order valence-electron chi connectivity index (χ2n) is 4.10. The molecule has 0 spiro atoms. The number of nitrogens with one attached hydrogen (secondary N) is 1. The number of hydrogen-bond donors (Lipinski definition) is 1. The summed E-state index contributed by atoms with van der Waals surface area (Å²) in [5, 5.41) is 2.83. The Bertz CT molecular complexity index is 565. The highest BCUT2D eigenvalue weighted by atomic mass is 16.5. The second kappa shape index (κ2) is 6.00. The first-order chi connectivity index (χ1) is 9.20. The Morgan fingerprint density at radius 3 is 2.63 bits per heavy atom. The van der Waals surface area contributed by atoms with Gasteiger partial charge in [0.25, 0.3) is 5.91 Å². The number of nitrogens with zero attached hydrogens (tertiary/aromatic N) is 1. The summed E-state index contributed by atoms with van der Waals surface area (Å²) in [7, 11) is 0. The fourth-order valence-electron chi connectivity index (χ4n) is 1.70. The van der Waals surface area contributed by atoms with Gasteiger partial charge in [0.15, 0.2) is 0 Å². The van der Waals surface area contributed by atoms with Crippen molar-refractivity contribution in [1.82, 2.24) is 4.98 Å². The zero-order chi connectivity index (χ0) is 13.7. The molecule has 0 radical (unpaired) electrons. The molecule has 1 N–H and O–H groups in total. The van der Waals surface area contributed by atoms with Crippen molar-refractivity contribution in [2.75, 3.05) is 11.9 Å². The molecule has 0 aliphatic heterocycles. The number of carbonyl (C=O) groups excluding carboxylic acids is 1. The normalized spacial score (nSPS) is 10.0. The van der Waals surface area contributed by atoms with E-state index in [0.29, 0.717) is 12.2 Å². The molecule has 1 aromatic carbocycles. The largest absolute Gasteiger partial charge is 0.494 e. The van der Waals surface area contributed by atoms with Crippen LogP contribution in [0.3, 0.4) is 0 Å². The van der Waals surface area contributed by atoms with Gasteiger partial charge in [-0.25, -0.2) is 0 Å². The molecule has 0 atom stereocenters. The SMILES string of the molecule is CCOc1ccc(NC(=O)c2cnccc2C)cc1. The van der Waals surface area contributed by atoms with E-state index < -0.39 is 0 Å². The molecule has 0 saturated carbocycles. The smallest absolute Gasteiger partial charge is 0.257 e. The van der Waals surface area contributed by atoms with Crippen LogP contribution in [0, 0.1) is 6.92 Å². The van der Waals surface area contributed by atoms with Crippen molar-refractivity contribution in [2.45, 2.75) is 13.8 Å². The van der Waals surface area contributed by atoms with Crippen molar-refractivity contribution in [3.63, 3.8) is 0 Å². The number of ether oxygens (including phenoxy) is 1. The Hall–Kier alpha value is -2.36. The predicted molar refractivity (Wildman–Crippen MR) is 74.5 cm³/mol. The van der Waals surface area contributed by atoms with Gasteiger partial charge in [0.2, 0.25) is 0 Å². The summed E-state index contributed by atoms with van der Waals surface area (Å²) < 4.78 is 5.35. The van der Waals surface area contributed by atoms with Gasteiger partial charge in [0.1, 0.15) is 5.75 Å². The van der Waals surface area contributed by atoms with Gasteiger partial charge in [-0.15, -0.1) is 0 Å². The van der Waals surface area contributed by atoms with Crippen LogP contribution in [0.1, 0.15) is 22.8 Å². The number of aromatic nitrogens is 1. The van der Waals surface area contributed by atoms with E-state index in [1.807, 2.05) is 44.2 Å². The van der Waals surface area contributed by atoms with Gasteiger partial charge in [-0.05, 0) is 49.7 Å². The van der Waals surface area contributed by atoms with Crippen LogP contribution in [0.2, 0.25) is 0 Å². The minimum atomic E-state index is -0.158. The average molecular weight is 256 g/mol. The number of amides is 1. The van der Waals surface area contributed by atoms with Gasteiger partial charge in [0, 0.05) is 18.1 Å². The molecule has 0 saturated heterocycles. The van der Waals surface area contributed by atoms with Crippen LogP contribution in [-0.2, 0) is 0 Å². The highest BCUT2D eigenvalue weighted by Gasteiger charge is 2.08. The Morgan fingerprint density at radius 1 is 1.26 bits per heavy atom. The highest BCUT2D eigenvalue weighted by molar-refractivity contribution is 6.05. The lowest BCUT2D eigenvalue weighted by Gasteiger charge is -2.08. The summed E-state index contributed by atoms with van der Waals surface area (Å²) >= 11 is 0. The molecule has 1 aromatic heterocycles. The van der Waals surface area contributed by atoms with E-state index in [4.69, 9.17) is 4.74 Å². The maximum atomic E-state index is 12.1. The third-order valence-corrected chi connectivity index (χ3v) is 2.71. The molecular weight excluding hydrogens is 240 g/mol. The molecule has 2 aromatic rings. The number of benzene rings is 1. The summed E-state index contributed by atoms with van der Waals surface area (Å²) in [6.45, 7) is 4.44. The predicted octanol–water partition coefficient (Wildman–Crippen LogP) is 3.04. The molecular formula is C15H16N2O2. The fourth-order valence-corrected chi connectivity index (χ4v) is 1.70. The lowest BCUT2D eigenvalue weighted by Crippen LogP contribution is -2.13. The average Bonchev–Trinajstić information content (AvgIpc) is 2.42. The summed E-state index contributed by atoms with van der Waals surface area (Å²) in [6.07, 6.45) is 3.24. The zero-order valence-corrected chi connectivity index (χ0v) is 11.0. The van der Waals surface area contributed by atoms with Crippen LogP contribution in [0.4, 0.5) is 5.69 Å². The second-order valence-corrected chi connectivity index (χ2v) is 4.10. The number of aryl methyl sites for hydroxylation is 1. The van der Waals surface area contributed by atoms with E-state index in [2.05, 4.69) is 10.3 Å². The molecule has 98 valence electrons. The number of hydrogen-bond acceptors (Lipinski definition) is 3. The van der Waals surface area contributed by atoms with E-state index >= 15 is 0 Å². The number of carbonyl (C=O) groups is 1. The topological polar surface area (TPSA) is 51.2 Å². The molecule has 1 amide bonds. The van der Waals surface area contributed by atoms with Crippen LogP contribution in [0.15, 0.2) is 42.7 Å². The van der Waals surface area contributed by atoms with Crippen LogP contribution in [0.25, 0.3) is 0 Å². The number of anilines is 1.